The van der Waals surface area contributed by atoms with E-state index in [0.29, 0.717) is 6.42 Å². The van der Waals surface area contributed by atoms with Crippen molar-refractivity contribution in [3.05, 3.63) is 0 Å². The van der Waals surface area contributed by atoms with Crippen molar-refractivity contribution in [3.8, 4) is 0 Å². The van der Waals surface area contributed by atoms with E-state index in [4.69, 9.17) is 5.11 Å². The minimum absolute atomic E-state index is 0.0818. The lowest BCUT2D eigenvalue weighted by atomic mass is 9.95. The van der Waals surface area contributed by atoms with Crippen molar-refractivity contribution in [2.24, 2.45) is 5.92 Å². The fourth-order valence-corrected chi connectivity index (χ4v) is 1.99. The molecule has 0 aliphatic rings. The van der Waals surface area contributed by atoms with Crippen LogP contribution in [-0.2, 0) is 0 Å². The lowest BCUT2D eigenvalue weighted by molar-refractivity contribution is -0.208. The Morgan fingerprint density at radius 3 is 2.14 bits per heavy atom. The lowest BCUT2D eigenvalue weighted by Crippen LogP contribution is -2.32. The minimum Gasteiger partial charge on any atom is -0.384 e. The summed E-state index contributed by atoms with van der Waals surface area (Å²) in [5.74, 6) is -0.0818. The molecule has 0 saturated carbocycles. The molecule has 0 aliphatic heterocycles. The van der Waals surface area contributed by atoms with E-state index >= 15 is 0 Å². The van der Waals surface area contributed by atoms with Gasteiger partial charge >= 0.3 is 6.18 Å². The van der Waals surface area contributed by atoms with E-state index in [-0.39, 0.29) is 17.6 Å². The van der Waals surface area contributed by atoms with Crippen LogP contribution in [0.25, 0.3) is 0 Å². The molecule has 5 heteroatoms. The highest BCUT2D eigenvalue weighted by Gasteiger charge is 2.39. The summed E-state index contributed by atoms with van der Waals surface area (Å²) in [4.78, 5) is 0. The molecule has 1 N–H and O–H groups in total. The molecule has 0 aliphatic carbocycles. The van der Waals surface area contributed by atoms with Crippen LogP contribution >= 0.6 is 11.8 Å². The van der Waals surface area contributed by atoms with Gasteiger partial charge in [-0.3, -0.25) is 0 Å². The van der Waals surface area contributed by atoms with E-state index in [2.05, 4.69) is 0 Å². The number of alkyl halides is 3. The first-order chi connectivity index (χ1) is 6.32. The van der Waals surface area contributed by atoms with E-state index in [0.717, 1.165) is 0 Å². The van der Waals surface area contributed by atoms with Crippen molar-refractivity contribution < 1.29 is 18.3 Å². The smallest absolute Gasteiger partial charge is 0.384 e. The highest BCUT2D eigenvalue weighted by molar-refractivity contribution is 7.99. The summed E-state index contributed by atoms with van der Waals surface area (Å²) in [6, 6.07) is 0. The standard InChI is InChI=1S/C9H17F3OS/c1-4-7(6(2)14-3)5-8(13)9(10,11)12/h6-8,13H,4-5H2,1-3H3/t6?,7-,8?/m0/s1. The maximum absolute atomic E-state index is 12.1. The predicted octanol–water partition coefficient (Wildman–Crippen LogP) is 3.08. The molecule has 14 heavy (non-hydrogen) atoms. The van der Waals surface area contributed by atoms with E-state index in [1.165, 1.54) is 11.8 Å². The van der Waals surface area contributed by atoms with E-state index in [1.807, 2.05) is 20.1 Å². The molecule has 0 bridgehead atoms. The largest absolute Gasteiger partial charge is 0.414 e. The second-order valence-electron chi connectivity index (χ2n) is 3.40. The summed E-state index contributed by atoms with van der Waals surface area (Å²) < 4.78 is 36.2. The van der Waals surface area contributed by atoms with Gasteiger partial charge in [-0.15, -0.1) is 0 Å². The number of aliphatic hydroxyl groups is 1. The molecule has 0 aromatic heterocycles. The molecule has 0 amide bonds. The maximum Gasteiger partial charge on any atom is 0.414 e. The molecule has 0 saturated heterocycles. The lowest BCUT2D eigenvalue weighted by Gasteiger charge is -2.24. The van der Waals surface area contributed by atoms with Gasteiger partial charge in [-0.05, 0) is 18.6 Å². The molecule has 86 valence electrons. The van der Waals surface area contributed by atoms with Gasteiger partial charge in [-0.1, -0.05) is 20.3 Å². The zero-order chi connectivity index (χ0) is 11.4. The van der Waals surface area contributed by atoms with Gasteiger partial charge < -0.3 is 5.11 Å². The van der Waals surface area contributed by atoms with Crippen LogP contribution in [0, 0.1) is 5.92 Å². The number of rotatable bonds is 5. The van der Waals surface area contributed by atoms with Crippen LogP contribution in [0.4, 0.5) is 13.2 Å². The Labute approximate surface area is 87.1 Å². The van der Waals surface area contributed by atoms with Gasteiger partial charge in [0.15, 0.2) is 0 Å². The zero-order valence-corrected chi connectivity index (χ0v) is 9.45. The Hall–Kier alpha value is 0.100. The summed E-state index contributed by atoms with van der Waals surface area (Å²) in [5, 5.41) is 9.05. The van der Waals surface area contributed by atoms with E-state index in [1.54, 1.807) is 0 Å². The van der Waals surface area contributed by atoms with Crippen molar-refractivity contribution in [3.63, 3.8) is 0 Å². The molecule has 0 heterocycles. The molecule has 0 aromatic rings. The second-order valence-corrected chi connectivity index (χ2v) is 4.62. The van der Waals surface area contributed by atoms with Gasteiger partial charge in [0.1, 0.15) is 6.10 Å². The van der Waals surface area contributed by atoms with Crippen molar-refractivity contribution in [2.75, 3.05) is 6.26 Å². The number of hydrogen-bond acceptors (Lipinski definition) is 2. The SMILES string of the molecule is CC[C@@H](CC(O)C(F)(F)F)C(C)SC. The fraction of sp³-hybridized carbons (Fsp3) is 1.00. The average Bonchev–Trinajstić information content (AvgIpc) is 2.10. The molecular formula is C9H17F3OS. The second kappa shape index (κ2) is 5.85. The summed E-state index contributed by atoms with van der Waals surface area (Å²) in [5.41, 5.74) is 0. The van der Waals surface area contributed by atoms with Crippen molar-refractivity contribution in [2.45, 2.75) is 44.2 Å². The quantitative estimate of drug-likeness (QED) is 0.783. The maximum atomic E-state index is 12.1. The normalized spacial score (nSPS) is 19.1. The average molecular weight is 230 g/mol. The molecule has 3 atom stereocenters. The molecule has 0 aromatic carbocycles. The van der Waals surface area contributed by atoms with Crippen molar-refractivity contribution >= 4 is 11.8 Å². The number of thioether (sulfide) groups is 1. The van der Waals surface area contributed by atoms with Crippen molar-refractivity contribution in [1.29, 1.82) is 0 Å². The van der Waals surface area contributed by atoms with Crippen molar-refractivity contribution in [1.82, 2.24) is 0 Å². The summed E-state index contributed by atoms with van der Waals surface area (Å²) in [7, 11) is 0. The Morgan fingerprint density at radius 1 is 1.36 bits per heavy atom. The topological polar surface area (TPSA) is 20.2 Å². The summed E-state index contributed by atoms with van der Waals surface area (Å²) >= 11 is 1.53. The molecular weight excluding hydrogens is 213 g/mol. The number of halogens is 3. The monoisotopic (exact) mass is 230 g/mol. The third kappa shape index (κ3) is 4.55. The first-order valence-electron chi connectivity index (χ1n) is 4.60. The first-order valence-corrected chi connectivity index (χ1v) is 5.89. The van der Waals surface area contributed by atoms with Gasteiger partial charge in [0.05, 0.1) is 0 Å². The Bertz CT molecular complexity index is 161. The van der Waals surface area contributed by atoms with Gasteiger partial charge in [0, 0.05) is 5.25 Å². The van der Waals surface area contributed by atoms with Gasteiger partial charge in [-0.2, -0.15) is 24.9 Å². The molecule has 1 nitrogen and oxygen atoms in total. The predicted molar refractivity (Wildman–Crippen MR) is 53.4 cm³/mol. The van der Waals surface area contributed by atoms with Crippen LogP contribution < -0.4 is 0 Å². The van der Waals surface area contributed by atoms with Crippen LogP contribution in [0.3, 0.4) is 0 Å². The molecule has 2 unspecified atom stereocenters. The molecule has 0 spiro atoms. The first kappa shape index (κ1) is 14.1. The van der Waals surface area contributed by atoms with Crippen LogP contribution in [0.2, 0.25) is 0 Å². The number of hydrogen-bond donors (Lipinski definition) is 1. The van der Waals surface area contributed by atoms with Crippen LogP contribution in [0.1, 0.15) is 26.7 Å². The summed E-state index contributed by atoms with van der Waals surface area (Å²) in [6.45, 7) is 3.74. The van der Waals surface area contributed by atoms with Gasteiger partial charge in [0.2, 0.25) is 0 Å². The highest BCUT2D eigenvalue weighted by atomic mass is 32.2. The highest BCUT2D eigenvalue weighted by Crippen LogP contribution is 2.30. The number of aliphatic hydroxyl groups excluding tert-OH is 1. The molecule has 0 radical (unpaired) electrons. The van der Waals surface area contributed by atoms with Crippen LogP contribution in [0.15, 0.2) is 0 Å². The molecule has 0 rings (SSSR count). The van der Waals surface area contributed by atoms with E-state index in [9.17, 15) is 13.2 Å². The zero-order valence-electron chi connectivity index (χ0n) is 8.64. The molecule has 0 fully saturated rings. The Kier molecular flexibility index (Phi) is 5.90. The van der Waals surface area contributed by atoms with Crippen LogP contribution in [0.5, 0.6) is 0 Å². The third-order valence-electron chi connectivity index (χ3n) is 2.46. The van der Waals surface area contributed by atoms with Gasteiger partial charge in [0.25, 0.3) is 0 Å². The summed E-state index contributed by atoms with van der Waals surface area (Å²) in [6.07, 6.45) is -4.32. The minimum atomic E-state index is -4.48. The fourth-order valence-electron chi connectivity index (χ4n) is 1.30. The van der Waals surface area contributed by atoms with Gasteiger partial charge in [-0.25, -0.2) is 0 Å². The Morgan fingerprint density at radius 2 is 1.86 bits per heavy atom. The third-order valence-corrected chi connectivity index (χ3v) is 3.59. The van der Waals surface area contributed by atoms with Crippen LogP contribution in [-0.4, -0.2) is 28.9 Å². The van der Waals surface area contributed by atoms with E-state index < -0.39 is 12.3 Å². The Balaban J connectivity index is 4.18.